The molecular formula is C9H16F2N2. The largest absolute Gasteiger partial charge is 0.403 e. The summed E-state index contributed by atoms with van der Waals surface area (Å²) in [6.07, 6.45) is 4.10. The van der Waals surface area contributed by atoms with Crippen molar-refractivity contribution in [2.45, 2.75) is 27.3 Å². The molecule has 0 amide bonds. The molecule has 0 aromatic heterocycles. The Balaban J connectivity index is 4.71. The zero-order valence-electron chi connectivity index (χ0n) is 8.17. The molecule has 0 unspecified atom stereocenters. The maximum absolute atomic E-state index is 12.5. The number of nitrogens with two attached hydrogens (primary N) is 1. The smallest absolute Gasteiger partial charge is 0.318 e. The first kappa shape index (κ1) is 11.9. The van der Waals surface area contributed by atoms with Gasteiger partial charge in [0.15, 0.2) is 0 Å². The van der Waals surface area contributed by atoms with Gasteiger partial charge in [-0.15, -0.1) is 0 Å². The van der Waals surface area contributed by atoms with Gasteiger partial charge >= 0.3 is 6.55 Å². The van der Waals surface area contributed by atoms with Crippen LogP contribution in [0.4, 0.5) is 8.78 Å². The Morgan fingerprint density at radius 3 is 2.15 bits per heavy atom. The van der Waals surface area contributed by atoms with E-state index in [9.17, 15) is 8.78 Å². The van der Waals surface area contributed by atoms with Gasteiger partial charge in [-0.2, -0.15) is 8.78 Å². The number of rotatable bonds is 4. The summed E-state index contributed by atoms with van der Waals surface area (Å²) in [5, 5.41) is 0. The molecule has 0 aliphatic rings. The predicted octanol–water partition coefficient (Wildman–Crippen LogP) is 2.50. The van der Waals surface area contributed by atoms with Crippen LogP contribution in [0.25, 0.3) is 0 Å². The van der Waals surface area contributed by atoms with Crippen molar-refractivity contribution in [1.82, 2.24) is 4.90 Å². The van der Waals surface area contributed by atoms with Crippen LogP contribution in [0.15, 0.2) is 24.2 Å². The van der Waals surface area contributed by atoms with Crippen molar-refractivity contribution in [1.29, 1.82) is 0 Å². The van der Waals surface area contributed by atoms with Gasteiger partial charge in [0.05, 0.1) is 0 Å². The third-order valence-electron chi connectivity index (χ3n) is 1.58. The maximum atomic E-state index is 12.5. The Morgan fingerprint density at radius 1 is 1.38 bits per heavy atom. The number of allylic oxidation sites excluding steroid dienone is 2. The molecule has 0 aromatic carbocycles. The Bertz CT molecular complexity index is 198. The molecule has 4 heteroatoms. The van der Waals surface area contributed by atoms with Gasteiger partial charge in [-0.25, -0.2) is 0 Å². The van der Waals surface area contributed by atoms with Crippen molar-refractivity contribution >= 4 is 0 Å². The van der Waals surface area contributed by atoms with E-state index in [1.165, 1.54) is 12.4 Å². The van der Waals surface area contributed by atoms with Crippen LogP contribution in [0, 0.1) is 5.92 Å². The van der Waals surface area contributed by atoms with E-state index in [-0.39, 0.29) is 5.92 Å². The second kappa shape index (κ2) is 5.56. The van der Waals surface area contributed by atoms with Crippen LogP contribution in [0.3, 0.4) is 0 Å². The van der Waals surface area contributed by atoms with Crippen LogP contribution in [0.5, 0.6) is 0 Å². The molecule has 2 nitrogen and oxygen atoms in total. The number of hydrogen-bond donors (Lipinski definition) is 1. The highest BCUT2D eigenvalue weighted by Crippen LogP contribution is 2.19. The van der Waals surface area contributed by atoms with Crippen molar-refractivity contribution < 1.29 is 8.78 Å². The van der Waals surface area contributed by atoms with E-state index in [4.69, 9.17) is 5.73 Å². The van der Waals surface area contributed by atoms with Crippen LogP contribution < -0.4 is 5.73 Å². The van der Waals surface area contributed by atoms with Gasteiger partial charge in [0.1, 0.15) is 0 Å². The summed E-state index contributed by atoms with van der Waals surface area (Å²) in [7, 11) is 0. The van der Waals surface area contributed by atoms with Gasteiger partial charge in [0.2, 0.25) is 0 Å². The number of nitrogens with zero attached hydrogens (tertiary/aromatic N) is 1. The van der Waals surface area contributed by atoms with Gasteiger partial charge < -0.3 is 5.73 Å². The lowest BCUT2D eigenvalue weighted by atomic mass is 10.1. The Kier molecular flexibility index (Phi) is 5.11. The number of halogens is 2. The second-order valence-corrected chi connectivity index (χ2v) is 2.91. The minimum Gasteiger partial charge on any atom is -0.403 e. The summed E-state index contributed by atoms with van der Waals surface area (Å²) >= 11 is 0. The van der Waals surface area contributed by atoms with Crippen LogP contribution in [0.1, 0.15) is 20.8 Å². The summed E-state index contributed by atoms with van der Waals surface area (Å²) in [4.78, 5) is 0.866. The number of hydrogen-bond acceptors (Lipinski definition) is 2. The van der Waals surface area contributed by atoms with Crippen LogP contribution >= 0.6 is 0 Å². The third kappa shape index (κ3) is 3.44. The van der Waals surface area contributed by atoms with Gasteiger partial charge in [0.25, 0.3) is 0 Å². The zero-order valence-corrected chi connectivity index (χ0v) is 8.17. The molecule has 0 aliphatic carbocycles. The minimum atomic E-state index is -2.55. The topological polar surface area (TPSA) is 29.3 Å². The van der Waals surface area contributed by atoms with E-state index in [2.05, 4.69) is 0 Å². The minimum absolute atomic E-state index is 0.0183. The molecule has 0 fully saturated rings. The summed E-state index contributed by atoms with van der Waals surface area (Å²) in [5.74, 6) is -0.0183. The Morgan fingerprint density at radius 2 is 1.92 bits per heavy atom. The molecule has 76 valence electrons. The molecule has 0 radical (unpaired) electrons. The Hall–Kier alpha value is -1.06. The van der Waals surface area contributed by atoms with Crippen LogP contribution in [-0.4, -0.2) is 11.4 Å². The first-order chi connectivity index (χ1) is 6.04. The molecule has 0 spiro atoms. The lowest BCUT2D eigenvalue weighted by Crippen LogP contribution is -2.26. The van der Waals surface area contributed by atoms with Crippen LogP contribution in [-0.2, 0) is 0 Å². The van der Waals surface area contributed by atoms with Gasteiger partial charge in [0, 0.05) is 18.1 Å². The Labute approximate surface area is 77.7 Å². The van der Waals surface area contributed by atoms with E-state index in [0.717, 1.165) is 4.90 Å². The van der Waals surface area contributed by atoms with Crippen molar-refractivity contribution in [3.63, 3.8) is 0 Å². The molecule has 0 heterocycles. The maximum Gasteiger partial charge on any atom is 0.318 e. The lowest BCUT2D eigenvalue weighted by molar-refractivity contribution is 0.0220. The fourth-order valence-corrected chi connectivity index (χ4v) is 1.00. The van der Waals surface area contributed by atoms with E-state index in [0.29, 0.717) is 5.70 Å². The average molecular weight is 190 g/mol. The van der Waals surface area contributed by atoms with E-state index >= 15 is 0 Å². The van der Waals surface area contributed by atoms with Crippen LogP contribution in [0.2, 0.25) is 0 Å². The van der Waals surface area contributed by atoms with Crippen molar-refractivity contribution in [2.75, 3.05) is 0 Å². The SMILES string of the molecule is C/C=C\N(/C(=C\N)C(C)C)C(F)F. The predicted molar refractivity (Wildman–Crippen MR) is 49.8 cm³/mol. The van der Waals surface area contributed by atoms with Gasteiger partial charge in [-0.3, -0.25) is 4.90 Å². The zero-order chi connectivity index (χ0) is 10.4. The standard InChI is InChI=1S/C9H16F2N2/c1-4-5-13(9(10)11)8(6-12)7(2)3/h4-7,9H,12H2,1-3H3/b5-4-,8-6-. The molecule has 0 rings (SSSR count). The molecule has 0 aromatic rings. The molecule has 0 aliphatic heterocycles. The number of alkyl halides is 2. The first-order valence-electron chi connectivity index (χ1n) is 4.15. The summed E-state index contributed by atoms with van der Waals surface area (Å²) in [6.45, 7) is 2.77. The van der Waals surface area contributed by atoms with E-state index in [1.54, 1.807) is 13.0 Å². The normalized spacial score (nSPS) is 13.3. The van der Waals surface area contributed by atoms with Gasteiger partial charge in [-0.1, -0.05) is 19.9 Å². The fraction of sp³-hybridized carbons (Fsp3) is 0.556. The average Bonchev–Trinajstić information content (AvgIpc) is 2.03. The van der Waals surface area contributed by atoms with Crippen molar-refractivity contribution in [3.05, 3.63) is 24.2 Å². The fourth-order valence-electron chi connectivity index (χ4n) is 1.00. The van der Waals surface area contributed by atoms with E-state index in [1.807, 2.05) is 13.8 Å². The first-order valence-corrected chi connectivity index (χ1v) is 4.15. The molecule has 0 saturated carbocycles. The molecule has 13 heavy (non-hydrogen) atoms. The molecule has 0 saturated heterocycles. The van der Waals surface area contributed by atoms with Crippen molar-refractivity contribution in [3.8, 4) is 0 Å². The molecule has 0 atom stereocenters. The molecule has 0 bridgehead atoms. The van der Waals surface area contributed by atoms with Gasteiger partial charge in [-0.05, 0) is 12.8 Å². The monoisotopic (exact) mass is 190 g/mol. The lowest BCUT2D eigenvalue weighted by Gasteiger charge is -2.24. The summed E-state index contributed by atoms with van der Waals surface area (Å²) < 4.78 is 24.9. The summed E-state index contributed by atoms with van der Waals surface area (Å²) in [6, 6.07) is 0. The quantitative estimate of drug-likeness (QED) is 0.690. The highest BCUT2D eigenvalue weighted by atomic mass is 19.3. The third-order valence-corrected chi connectivity index (χ3v) is 1.58. The molecular weight excluding hydrogens is 174 g/mol. The highest BCUT2D eigenvalue weighted by Gasteiger charge is 2.18. The van der Waals surface area contributed by atoms with Crippen molar-refractivity contribution in [2.24, 2.45) is 11.7 Å². The second-order valence-electron chi connectivity index (χ2n) is 2.91. The highest BCUT2D eigenvalue weighted by molar-refractivity contribution is 5.06. The summed E-state index contributed by atoms with van der Waals surface area (Å²) in [5.41, 5.74) is 5.70. The van der Waals surface area contributed by atoms with E-state index < -0.39 is 6.55 Å². The molecule has 2 N–H and O–H groups in total.